The molecule has 1 saturated heterocycles. The Hall–Kier alpha value is 0.650. The summed E-state index contributed by atoms with van der Waals surface area (Å²) in [5, 5.41) is 0. The highest BCUT2D eigenvalue weighted by Crippen LogP contribution is 2.01. The van der Waals surface area contributed by atoms with E-state index < -0.39 is 0 Å². The van der Waals surface area contributed by atoms with Crippen LogP contribution in [0.1, 0.15) is 12.8 Å². The first-order valence-electron chi connectivity index (χ1n) is 3.68. The molecule has 62 valence electrons. The summed E-state index contributed by atoms with van der Waals surface area (Å²) in [6.45, 7) is 1.94. The molecule has 0 amide bonds. The maximum atomic E-state index is 5.24. The number of nitrogens with one attached hydrogen (secondary N) is 1. The summed E-state index contributed by atoms with van der Waals surface area (Å²) in [5.41, 5.74) is 0. The van der Waals surface area contributed by atoms with Crippen LogP contribution < -0.4 is 28.9 Å². The first kappa shape index (κ1) is 10.7. The topological polar surface area (TPSA) is 13.7 Å². The molecule has 0 bridgehead atoms. The van der Waals surface area contributed by atoms with Crippen LogP contribution in [0.15, 0.2) is 0 Å². The van der Waals surface area contributed by atoms with Crippen molar-refractivity contribution < 1.29 is 33.6 Å². The number of rotatable bonds is 1. The number of hydrogen-bond donors (Lipinski definition) is 1. The molecule has 1 heterocycles. The van der Waals surface area contributed by atoms with Gasteiger partial charge in [-0.05, 0) is 0 Å². The Balaban J connectivity index is 0.000000810. The van der Waals surface area contributed by atoms with Crippen LogP contribution in [0.2, 0.25) is 0 Å². The van der Waals surface area contributed by atoms with Gasteiger partial charge in [-0.25, -0.2) is 0 Å². The van der Waals surface area contributed by atoms with Gasteiger partial charge in [0.1, 0.15) is 0 Å². The van der Waals surface area contributed by atoms with Crippen molar-refractivity contribution in [2.75, 3.05) is 27.3 Å². The van der Waals surface area contributed by atoms with Crippen molar-refractivity contribution in [2.24, 2.45) is 0 Å². The smallest absolute Gasteiger partial charge is 0.0915 e. The Morgan fingerprint density at radius 2 is 1.70 bits per heavy atom. The van der Waals surface area contributed by atoms with E-state index in [4.69, 9.17) is 4.74 Å². The standard InChI is InChI=1S/C7H15NO.HI/c1-8(2)7-3-5-9-6-4-7;/h7H,3-6H2,1-2H3;1H. The third-order valence-corrected chi connectivity index (χ3v) is 2.04. The van der Waals surface area contributed by atoms with Crippen molar-refractivity contribution in [3.63, 3.8) is 0 Å². The summed E-state index contributed by atoms with van der Waals surface area (Å²) in [6.07, 6.45) is 2.48. The van der Waals surface area contributed by atoms with E-state index in [1.807, 2.05) is 0 Å². The van der Waals surface area contributed by atoms with Gasteiger partial charge in [-0.3, -0.25) is 0 Å². The second-order valence-corrected chi connectivity index (χ2v) is 2.96. The van der Waals surface area contributed by atoms with Crippen LogP contribution in [-0.2, 0) is 4.74 Å². The molecule has 1 aliphatic rings. The van der Waals surface area contributed by atoms with Crippen LogP contribution in [0, 0.1) is 0 Å². The van der Waals surface area contributed by atoms with Gasteiger partial charge in [-0.15, -0.1) is 0 Å². The predicted molar refractivity (Wildman–Crippen MR) is 36.7 cm³/mol. The number of quaternary nitrogens is 1. The van der Waals surface area contributed by atoms with Crippen LogP contribution >= 0.6 is 0 Å². The third-order valence-electron chi connectivity index (χ3n) is 2.04. The molecule has 0 aliphatic carbocycles. The molecule has 1 rings (SSSR count). The summed E-state index contributed by atoms with van der Waals surface area (Å²) >= 11 is 0. The summed E-state index contributed by atoms with van der Waals surface area (Å²) in [6, 6.07) is 0.846. The van der Waals surface area contributed by atoms with Crippen LogP contribution in [0.4, 0.5) is 0 Å². The highest BCUT2D eigenvalue weighted by molar-refractivity contribution is 4.58. The second kappa shape index (κ2) is 5.32. The Morgan fingerprint density at radius 1 is 1.20 bits per heavy atom. The first-order chi connectivity index (χ1) is 4.30. The van der Waals surface area contributed by atoms with E-state index >= 15 is 0 Å². The summed E-state index contributed by atoms with van der Waals surface area (Å²) < 4.78 is 5.24. The Kier molecular flexibility index (Phi) is 5.67. The predicted octanol–water partition coefficient (Wildman–Crippen LogP) is -3.69. The van der Waals surface area contributed by atoms with Gasteiger partial charge in [-0.1, -0.05) is 0 Å². The van der Waals surface area contributed by atoms with Gasteiger partial charge in [0, 0.05) is 12.8 Å². The molecular weight excluding hydrogens is 241 g/mol. The fraction of sp³-hybridized carbons (Fsp3) is 1.00. The molecular formula is C7H16INO. The summed E-state index contributed by atoms with van der Waals surface area (Å²) in [5.74, 6) is 0. The second-order valence-electron chi connectivity index (χ2n) is 2.96. The van der Waals surface area contributed by atoms with Crippen molar-refractivity contribution in [2.45, 2.75) is 18.9 Å². The van der Waals surface area contributed by atoms with Crippen molar-refractivity contribution in [3.8, 4) is 0 Å². The number of ether oxygens (including phenoxy) is 1. The average Bonchev–Trinajstić information content (AvgIpc) is 1.90. The molecule has 0 spiro atoms. The molecule has 0 saturated carbocycles. The molecule has 0 aromatic rings. The van der Waals surface area contributed by atoms with Crippen LogP contribution in [0.5, 0.6) is 0 Å². The minimum absolute atomic E-state index is 0. The zero-order valence-corrected chi connectivity index (χ0v) is 8.85. The zero-order valence-electron chi connectivity index (χ0n) is 6.69. The van der Waals surface area contributed by atoms with E-state index in [-0.39, 0.29) is 24.0 Å². The minimum atomic E-state index is 0. The van der Waals surface area contributed by atoms with Crippen molar-refractivity contribution >= 4 is 0 Å². The van der Waals surface area contributed by atoms with Gasteiger partial charge in [0.15, 0.2) is 0 Å². The summed E-state index contributed by atoms with van der Waals surface area (Å²) in [7, 11) is 4.44. The molecule has 10 heavy (non-hydrogen) atoms. The van der Waals surface area contributed by atoms with Crippen molar-refractivity contribution in [3.05, 3.63) is 0 Å². The summed E-state index contributed by atoms with van der Waals surface area (Å²) in [4.78, 5) is 1.57. The fourth-order valence-corrected chi connectivity index (χ4v) is 1.27. The molecule has 3 heteroatoms. The zero-order chi connectivity index (χ0) is 6.69. The van der Waals surface area contributed by atoms with Gasteiger partial charge < -0.3 is 33.6 Å². The lowest BCUT2D eigenvalue weighted by atomic mass is 10.1. The maximum Gasteiger partial charge on any atom is 0.0915 e. The number of hydrogen-bond acceptors (Lipinski definition) is 1. The Bertz CT molecular complexity index is 81.7. The molecule has 0 aromatic carbocycles. The van der Waals surface area contributed by atoms with E-state index in [0.29, 0.717) is 0 Å². The van der Waals surface area contributed by atoms with Gasteiger partial charge in [-0.2, -0.15) is 0 Å². The minimum Gasteiger partial charge on any atom is -1.00 e. The van der Waals surface area contributed by atoms with Gasteiger partial charge in [0.05, 0.1) is 33.4 Å². The monoisotopic (exact) mass is 257 g/mol. The van der Waals surface area contributed by atoms with Crippen LogP contribution in [0.3, 0.4) is 0 Å². The maximum absolute atomic E-state index is 5.24. The van der Waals surface area contributed by atoms with Gasteiger partial charge >= 0.3 is 0 Å². The third kappa shape index (κ3) is 3.16. The molecule has 2 nitrogen and oxygen atoms in total. The molecule has 1 aliphatic heterocycles. The van der Waals surface area contributed by atoms with Gasteiger partial charge in [0.2, 0.25) is 0 Å². The van der Waals surface area contributed by atoms with Crippen LogP contribution in [0.25, 0.3) is 0 Å². The largest absolute Gasteiger partial charge is 1.00 e. The average molecular weight is 257 g/mol. The lowest BCUT2D eigenvalue weighted by Gasteiger charge is -2.24. The molecule has 0 aromatic heterocycles. The van der Waals surface area contributed by atoms with E-state index in [0.717, 1.165) is 19.3 Å². The highest BCUT2D eigenvalue weighted by atomic mass is 127. The van der Waals surface area contributed by atoms with Crippen molar-refractivity contribution in [1.82, 2.24) is 0 Å². The molecule has 0 radical (unpaired) electrons. The lowest BCUT2D eigenvalue weighted by Crippen LogP contribution is -3.10. The van der Waals surface area contributed by atoms with Crippen LogP contribution in [-0.4, -0.2) is 33.4 Å². The fourth-order valence-electron chi connectivity index (χ4n) is 1.27. The van der Waals surface area contributed by atoms with E-state index in [9.17, 15) is 0 Å². The van der Waals surface area contributed by atoms with E-state index in [2.05, 4.69) is 14.1 Å². The highest BCUT2D eigenvalue weighted by Gasteiger charge is 2.17. The van der Waals surface area contributed by atoms with E-state index in [1.165, 1.54) is 12.8 Å². The molecule has 1 N–H and O–H groups in total. The Labute approximate surface area is 79.9 Å². The molecule has 1 fully saturated rings. The normalized spacial score (nSPS) is 20.7. The first-order valence-corrected chi connectivity index (χ1v) is 3.68. The SMILES string of the molecule is C[NH+](C)C1CCOCC1.[I-]. The molecule has 0 unspecified atom stereocenters. The van der Waals surface area contributed by atoms with E-state index in [1.54, 1.807) is 4.90 Å². The lowest BCUT2D eigenvalue weighted by molar-refractivity contribution is -0.887. The van der Waals surface area contributed by atoms with Gasteiger partial charge in [0.25, 0.3) is 0 Å². The Morgan fingerprint density at radius 3 is 2.00 bits per heavy atom. The van der Waals surface area contributed by atoms with Crippen molar-refractivity contribution in [1.29, 1.82) is 0 Å². The number of halogens is 1. The molecule has 0 atom stereocenters. The quantitative estimate of drug-likeness (QED) is 0.478.